The summed E-state index contributed by atoms with van der Waals surface area (Å²) < 4.78 is 66.6. The van der Waals surface area contributed by atoms with Gasteiger partial charge in [0, 0.05) is 6.20 Å². The molecule has 0 spiro atoms. The molecule has 2 rings (SSSR count). The lowest BCUT2D eigenvalue weighted by atomic mass is 10.2. The third-order valence-electron chi connectivity index (χ3n) is 2.68. The third kappa shape index (κ3) is 2.98. The van der Waals surface area contributed by atoms with E-state index in [1.165, 1.54) is 5.32 Å². The largest absolute Gasteiger partial charge is 0.480 e. The number of benzene rings is 1. The van der Waals surface area contributed by atoms with Crippen molar-refractivity contribution >= 4 is 17.6 Å². The van der Waals surface area contributed by atoms with E-state index in [1.807, 2.05) is 0 Å². The lowest BCUT2D eigenvalue weighted by Crippen LogP contribution is -2.22. The molecule has 0 saturated carbocycles. The molecule has 0 aliphatic rings. The van der Waals surface area contributed by atoms with Gasteiger partial charge >= 0.3 is 5.97 Å². The number of hydrogen-bond acceptors (Lipinski definition) is 3. The average Bonchev–Trinajstić information content (AvgIpc) is 2.94. The van der Waals surface area contributed by atoms with Crippen LogP contribution < -0.4 is 5.32 Å². The number of nitrogens with zero attached hydrogens (tertiary/aromatic N) is 2. The molecule has 2 aromatic rings. The number of aliphatic carboxylic acids is 1. The predicted octanol–water partition coefficient (Wildman–Crippen LogP) is 1.92. The summed E-state index contributed by atoms with van der Waals surface area (Å²) in [7, 11) is 0. The molecule has 2 N–H and O–H groups in total. The van der Waals surface area contributed by atoms with Gasteiger partial charge in [-0.15, -0.1) is 0 Å². The summed E-state index contributed by atoms with van der Waals surface area (Å²) in [6.07, 6.45) is 1.02. The standard InChI is InChI=1S/C12H6F5N3O3/c13-6-7(14)9(16)11(10(17)8(6)15)19-12(23)4-1-2-18-20(4)3-5(21)22/h1-2H,3H2,(H,19,23)(H,21,22). The molecule has 1 heterocycles. The molecule has 1 aromatic carbocycles. The average molecular weight is 335 g/mol. The zero-order valence-corrected chi connectivity index (χ0v) is 10.9. The maximum Gasteiger partial charge on any atom is 0.325 e. The van der Waals surface area contributed by atoms with Crippen LogP contribution in [0, 0.1) is 29.1 Å². The van der Waals surface area contributed by atoms with Crippen molar-refractivity contribution in [3.63, 3.8) is 0 Å². The van der Waals surface area contributed by atoms with Gasteiger partial charge in [0.1, 0.15) is 17.9 Å². The van der Waals surface area contributed by atoms with E-state index in [1.54, 1.807) is 0 Å². The molecule has 0 saturated heterocycles. The van der Waals surface area contributed by atoms with Gasteiger partial charge in [-0.05, 0) is 6.07 Å². The van der Waals surface area contributed by atoms with E-state index in [-0.39, 0.29) is 0 Å². The molecule has 23 heavy (non-hydrogen) atoms. The van der Waals surface area contributed by atoms with Crippen LogP contribution in [0.4, 0.5) is 27.6 Å². The smallest absolute Gasteiger partial charge is 0.325 e. The molecule has 11 heteroatoms. The number of rotatable bonds is 4. The first-order valence-electron chi connectivity index (χ1n) is 5.80. The van der Waals surface area contributed by atoms with Gasteiger partial charge in [-0.2, -0.15) is 5.10 Å². The summed E-state index contributed by atoms with van der Waals surface area (Å²) in [6.45, 7) is -0.743. The van der Waals surface area contributed by atoms with E-state index in [4.69, 9.17) is 5.11 Å². The number of nitrogens with one attached hydrogen (secondary N) is 1. The quantitative estimate of drug-likeness (QED) is 0.508. The summed E-state index contributed by atoms with van der Waals surface area (Å²) in [6, 6.07) is 1.00. The van der Waals surface area contributed by atoms with Crippen molar-refractivity contribution in [2.75, 3.05) is 5.32 Å². The van der Waals surface area contributed by atoms with E-state index < -0.39 is 58.9 Å². The Labute approximate surface area is 124 Å². The molecule has 0 radical (unpaired) electrons. The fraction of sp³-hybridized carbons (Fsp3) is 0.0833. The molecule has 0 fully saturated rings. The minimum atomic E-state index is -2.37. The zero-order valence-electron chi connectivity index (χ0n) is 10.9. The molecule has 122 valence electrons. The number of carbonyl (C=O) groups is 2. The Kier molecular flexibility index (Phi) is 4.29. The molecular formula is C12H6F5N3O3. The van der Waals surface area contributed by atoms with Crippen molar-refractivity contribution in [2.45, 2.75) is 6.54 Å². The Morgan fingerprint density at radius 2 is 1.57 bits per heavy atom. The van der Waals surface area contributed by atoms with Crippen LogP contribution >= 0.6 is 0 Å². The lowest BCUT2D eigenvalue weighted by Gasteiger charge is -2.10. The van der Waals surface area contributed by atoms with Gasteiger partial charge in [-0.3, -0.25) is 9.59 Å². The molecule has 1 aromatic heterocycles. The number of carbonyl (C=O) groups excluding carboxylic acids is 1. The fourth-order valence-electron chi connectivity index (χ4n) is 1.67. The zero-order chi connectivity index (χ0) is 17.3. The Morgan fingerprint density at radius 1 is 1.04 bits per heavy atom. The van der Waals surface area contributed by atoms with Crippen molar-refractivity contribution < 1.29 is 36.6 Å². The van der Waals surface area contributed by atoms with Gasteiger partial charge in [0.25, 0.3) is 5.91 Å². The monoisotopic (exact) mass is 335 g/mol. The Morgan fingerprint density at radius 3 is 2.09 bits per heavy atom. The van der Waals surface area contributed by atoms with Crippen molar-refractivity contribution in [2.24, 2.45) is 0 Å². The van der Waals surface area contributed by atoms with Crippen molar-refractivity contribution in [3.8, 4) is 0 Å². The Hall–Kier alpha value is -2.98. The summed E-state index contributed by atoms with van der Waals surface area (Å²) >= 11 is 0. The summed E-state index contributed by atoms with van der Waals surface area (Å²) in [5.41, 5.74) is -1.99. The summed E-state index contributed by atoms with van der Waals surface area (Å²) in [5.74, 6) is -13.9. The van der Waals surface area contributed by atoms with Gasteiger partial charge < -0.3 is 10.4 Å². The second-order valence-corrected chi connectivity index (χ2v) is 4.17. The Balaban J connectivity index is 2.39. The van der Waals surface area contributed by atoms with E-state index in [0.29, 0.717) is 4.68 Å². The molecular weight excluding hydrogens is 329 g/mol. The molecule has 0 aliphatic heterocycles. The lowest BCUT2D eigenvalue weighted by molar-refractivity contribution is -0.137. The topological polar surface area (TPSA) is 84.2 Å². The van der Waals surface area contributed by atoms with Gasteiger partial charge in [0.2, 0.25) is 5.82 Å². The second-order valence-electron chi connectivity index (χ2n) is 4.17. The number of halogens is 5. The number of hydrogen-bond donors (Lipinski definition) is 2. The summed E-state index contributed by atoms with van der Waals surface area (Å²) in [4.78, 5) is 22.4. The number of carboxylic acid groups (broad SMARTS) is 1. The highest BCUT2D eigenvalue weighted by atomic mass is 19.2. The van der Waals surface area contributed by atoms with E-state index >= 15 is 0 Å². The molecule has 0 atom stereocenters. The van der Waals surface area contributed by atoms with Gasteiger partial charge in [-0.1, -0.05) is 0 Å². The predicted molar refractivity (Wildman–Crippen MR) is 64.0 cm³/mol. The molecule has 1 amide bonds. The SMILES string of the molecule is O=C(O)Cn1nccc1C(=O)Nc1c(F)c(F)c(F)c(F)c1F. The van der Waals surface area contributed by atoms with Gasteiger partial charge in [0.05, 0.1) is 0 Å². The first kappa shape index (κ1) is 16.4. The maximum absolute atomic E-state index is 13.5. The highest BCUT2D eigenvalue weighted by molar-refractivity contribution is 6.03. The minimum Gasteiger partial charge on any atom is -0.480 e. The number of carboxylic acids is 1. The van der Waals surface area contributed by atoms with Crippen LogP contribution in [0.1, 0.15) is 10.5 Å². The number of aromatic nitrogens is 2. The first-order valence-corrected chi connectivity index (χ1v) is 5.80. The van der Waals surface area contributed by atoms with Crippen molar-refractivity contribution in [1.82, 2.24) is 9.78 Å². The first-order chi connectivity index (χ1) is 10.7. The minimum absolute atomic E-state index is 0.448. The third-order valence-corrected chi connectivity index (χ3v) is 2.68. The molecule has 0 aliphatic carbocycles. The summed E-state index contributed by atoms with van der Waals surface area (Å²) in [5, 5.41) is 13.6. The van der Waals surface area contributed by atoms with Crippen LogP contribution in [0.25, 0.3) is 0 Å². The molecule has 6 nitrogen and oxygen atoms in total. The van der Waals surface area contributed by atoms with Crippen molar-refractivity contribution in [3.05, 3.63) is 47.0 Å². The number of anilines is 1. The molecule has 0 bridgehead atoms. The fourth-order valence-corrected chi connectivity index (χ4v) is 1.67. The van der Waals surface area contributed by atoms with Crippen molar-refractivity contribution in [1.29, 1.82) is 0 Å². The maximum atomic E-state index is 13.5. The second kappa shape index (κ2) is 6.02. The van der Waals surface area contributed by atoms with Gasteiger partial charge in [0.15, 0.2) is 23.3 Å². The van der Waals surface area contributed by atoms with E-state index in [9.17, 15) is 31.5 Å². The van der Waals surface area contributed by atoms with Crippen LogP contribution in [0.5, 0.6) is 0 Å². The van der Waals surface area contributed by atoms with Crippen LogP contribution in [-0.4, -0.2) is 26.8 Å². The highest BCUT2D eigenvalue weighted by Gasteiger charge is 2.27. The number of amides is 1. The van der Waals surface area contributed by atoms with E-state index in [2.05, 4.69) is 5.10 Å². The normalized spacial score (nSPS) is 10.7. The van der Waals surface area contributed by atoms with Gasteiger partial charge in [-0.25, -0.2) is 26.6 Å². The highest BCUT2D eigenvalue weighted by Crippen LogP contribution is 2.27. The van der Waals surface area contributed by atoms with Crippen LogP contribution in [-0.2, 0) is 11.3 Å². The van der Waals surface area contributed by atoms with Crippen LogP contribution in [0.15, 0.2) is 12.3 Å². The van der Waals surface area contributed by atoms with Crippen LogP contribution in [0.3, 0.4) is 0 Å². The van der Waals surface area contributed by atoms with E-state index in [0.717, 1.165) is 12.3 Å². The van der Waals surface area contributed by atoms with Crippen LogP contribution in [0.2, 0.25) is 0 Å². The Bertz CT molecular complexity index is 776. The molecule has 0 unspecified atom stereocenters.